The maximum Gasteiger partial charge on any atom is 0.319 e. The molecule has 0 unspecified atom stereocenters. The van der Waals surface area contributed by atoms with Gasteiger partial charge in [-0.15, -0.1) is 0 Å². The van der Waals surface area contributed by atoms with Crippen LogP contribution in [-0.2, 0) is 9.53 Å². The summed E-state index contributed by atoms with van der Waals surface area (Å²) in [5.41, 5.74) is 0.0491. The quantitative estimate of drug-likeness (QED) is 0.679. The molecule has 78 valence electrons. The van der Waals surface area contributed by atoms with Crippen molar-refractivity contribution in [3.05, 3.63) is 0 Å². The van der Waals surface area contributed by atoms with Gasteiger partial charge < -0.3 is 10.1 Å². The smallest absolute Gasteiger partial charge is 0.319 e. The Morgan fingerprint density at radius 3 is 2.31 bits per heavy atom. The zero-order chi connectivity index (χ0) is 10.5. The predicted octanol–water partition coefficient (Wildman–Crippen LogP) is 1.57. The molecule has 3 heteroatoms. The number of rotatable bonds is 4. The molecule has 0 aromatic carbocycles. The Bertz CT molecular complexity index is 159. The van der Waals surface area contributed by atoms with Crippen LogP contribution in [0.15, 0.2) is 0 Å². The Hall–Kier alpha value is -0.570. The maximum absolute atomic E-state index is 11.1. The first kappa shape index (κ1) is 12.4. The lowest BCUT2D eigenvalue weighted by Crippen LogP contribution is -2.31. The minimum absolute atomic E-state index is 0.0491. The third-order valence-corrected chi connectivity index (χ3v) is 1.32. The summed E-state index contributed by atoms with van der Waals surface area (Å²) in [4.78, 5) is 11.1. The molecule has 0 amide bonds. The van der Waals surface area contributed by atoms with Crippen LogP contribution in [0, 0.1) is 5.41 Å². The van der Waals surface area contributed by atoms with Crippen LogP contribution in [-0.4, -0.2) is 25.2 Å². The lowest BCUT2D eigenvalue weighted by Gasteiger charge is -2.18. The minimum atomic E-state index is -0.177. The molecular formula is C10H21NO2. The number of nitrogens with one attached hydrogen (secondary N) is 1. The number of carbonyl (C=O) groups excluding carboxylic acids is 1. The van der Waals surface area contributed by atoms with E-state index in [0.717, 1.165) is 0 Å². The Morgan fingerprint density at radius 2 is 1.92 bits per heavy atom. The fourth-order valence-corrected chi connectivity index (χ4v) is 0.635. The highest BCUT2D eigenvalue weighted by Crippen LogP contribution is 2.12. The van der Waals surface area contributed by atoms with Crippen molar-refractivity contribution in [2.24, 2.45) is 5.41 Å². The molecule has 0 fully saturated rings. The fraction of sp³-hybridized carbons (Fsp3) is 0.900. The van der Waals surface area contributed by atoms with Gasteiger partial charge in [0.15, 0.2) is 0 Å². The molecule has 0 saturated heterocycles. The third kappa shape index (κ3) is 9.34. The summed E-state index contributed by atoms with van der Waals surface area (Å²) < 4.78 is 5.06. The fourth-order valence-electron chi connectivity index (χ4n) is 0.635. The van der Waals surface area contributed by atoms with Crippen molar-refractivity contribution >= 4 is 5.97 Å². The monoisotopic (exact) mass is 187 g/mol. The average Bonchev–Trinajstić information content (AvgIpc) is 1.95. The van der Waals surface area contributed by atoms with Gasteiger partial charge in [0.2, 0.25) is 0 Å². The second-order valence-corrected chi connectivity index (χ2v) is 4.76. The van der Waals surface area contributed by atoms with Crippen LogP contribution in [0.25, 0.3) is 0 Å². The van der Waals surface area contributed by atoms with Crippen LogP contribution >= 0.6 is 0 Å². The molecule has 0 aliphatic carbocycles. The van der Waals surface area contributed by atoms with Crippen LogP contribution in [0.2, 0.25) is 0 Å². The molecule has 0 radical (unpaired) electrons. The van der Waals surface area contributed by atoms with Gasteiger partial charge in [0.25, 0.3) is 0 Å². The summed E-state index contributed by atoms with van der Waals surface area (Å²) in [6.07, 6.45) is 0. The number of hydrogen-bond acceptors (Lipinski definition) is 3. The van der Waals surface area contributed by atoms with Gasteiger partial charge in [-0.25, -0.2) is 0 Å². The number of ether oxygens (including phenoxy) is 1. The largest absolute Gasteiger partial charge is 0.464 e. The van der Waals surface area contributed by atoms with E-state index < -0.39 is 0 Å². The minimum Gasteiger partial charge on any atom is -0.464 e. The van der Waals surface area contributed by atoms with Crippen LogP contribution in [0.5, 0.6) is 0 Å². The van der Waals surface area contributed by atoms with Crippen LogP contribution in [0.1, 0.15) is 34.6 Å². The summed E-state index contributed by atoms with van der Waals surface area (Å²) in [7, 11) is 0. The van der Waals surface area contributed by atoms with Gasteiger partial charge in [0.1, 0.15) is 0 Å². The van der Waals surface area contributed by atoms with Crippen molar-refractivity contribution in [3.63, 3.8) is 0 Å². The molecule has 0 rings (SSSR count). The van der Waals surface area contributed by atoms with E-state index in [2.05, 4.69) is 5.32 Å². The molecule has 0 spiro atoms. The van der Waals surface area contributed by atoms with Gasteiger partial charge in [-0.05, 0) is 5.41 Å². The summed E-state index contributed by atoms with van der Waals surface area (Å²) in [5.74, 6) is -0.177. The molecule has 0 heterocycles. The lowest BCUT2D eigenvalue weighted by molar-refractivity contribution is -0.145. The molecule has 3 nitrogen and oxygen atoms in total. The topological polar surface area (TPSA) is 38.3 Å². The van der Waals surface area contributed by atoms with Crippen LogP contribution in [0.3, 0.4) is 0 Å². The highest BCUT2D eigenvalue weighted by Gasteiger charge is 2.13. The predicted molar refractivity (Wildman–Crippen MR) is 53.6 cm³/mol. The molecule has 0 aromatic rings. The second-order valence-electron chi connectivity index (χ2n) is 4.76. The molecule has 0 aromatic heterocycles. The summed E-state index contributed by atoms with van der Waals surface area (Å²) in [6, 6.07) is 0.321. The average molecular weight is 187 g/mol. The number of carbonyl (C=O) groups is 1. The highest BCUT2D eigenvalue weighted by atomic mass is 16.5. The summed E-state index contributed by atoms with van der Waals surface area (Å²) in [6.45, 7) is 10.9. The van der Waals surface area contributed by atoms with Gasteiger partial charge in [-0.1, -0.05) is 34.6 Å². The van der Waals surface area contributed by atoms with Crippen molar-refractivity contribution < 1.29 is 9.53 Å². The Balaban J connectivity index is 3.53. The van der Waals surface area contributed by atoms with E-state index in [4.69, 9.17) is 4.74 Å². The van der Waals surface area contributed by atoms with Gasteiger partial charge in [0, 0.05) is 6.04 Å². The van der Waals surface area contributed by atoms with Gasteiger partial charge in [-0.3, -0.25) is 4.79 Å². The van der Waals surface area contributed by atoms with E-state index in [0.29, 0.717) is 19.2 Å². The Labute approximate surface area is 80.8 Å². The third-order valence-electron chi connectivity index (χ3n) is 1.32. The second kappa shape index (κ2) is 5.22. The molecule has 0 aliphatic rings. The molecule has 13 heavy (non-hydrogen) atoms. The first-order chi connectivity index (χ1) is 5.81. The van der Waals surface area contributed by atoms with Crippen molar-refractivity contribution in [2.75, 3.05) is 13.2 Å². The van der Waals surface area contributed by atoms with Crippen molar-refractivity contribution in [2.45, 2.75) is 40.7 Å². The number of hydrogen-bond donors (Lipinski definition) is 1. The van der Waals surface area contributed by atoms with E-state index in [9.17, 15) is 4.79 Å². The molecular weight excluding hydrogens is 166 g/mol. The van der Waals surface area contributed by atoms with E-state index in [-0.39, 0.29) is 11.4 Å². The van der Waals surface area contributed by atoms with Gasteiger partial charge >= 0.3 is 5.97 Å². The van der Waals surface area contributed by atoms with Crippen molar-refractivity contribution in [3.8, 4) is 0 Å². The van der Waals surface area contributed by atoms with E-state index >= 15 is 0 Å². The van der Waals surface area contributed by atoms with E-state index in [1.54, 1.807) is 0 Å². The molecule has 0 aliphatic heterocycles. The van der Waals surface area contributed by atoms with E-state index in [1.807, 2.05) is 34.6 Å². The Morgan fingerprint density at radius 1 is 1.38 bits per heavy atom. The van der Waals surface area contributed by atoms with Gasteiger partial charge in [-0.2, -0.15) is 0 Å². The van der Waals surface area contributed by atoms with Crippen molar-refractivity contribution in [1.29, 1.82) is 0 Å². The van der Waals surface area contributed by atoms with E-state index in [1.165, 1.54) is 0 Å². The lowest BCUT2D eigenvalue weighted by atomic mass is 9.99. The van der Waals surface area contributed by atoms with Gasteiger partial charge in [0.05, 0.1) is 13.2 Å². The zero-order valence-corrected chi connectivity index (χ0v) is 9.31. The first-order valence-electron chi connectivity index (χ1n) is 4.70. The standard InChI is InChI=1S/C10H21NO2/c1-8(2)11-6-9(12)13-7-10(3,4)5/h8,11H,6-7H2,1-5H3. The highest BCUT2D eigenvalue weighted by molar-refractivity contribution is 5.71. The molecule has 0 bridgehead atoms. The molecule has 0 saturated carbocycles. The molecule has 1 N–H and O–H groups in total. The SMILES string of the molecule is CC(C)NCC(=O)OCC(C)(C)C. The van der Waals surface area contributed by atoms with Crippen LogP contribution < -0.4 is 5.32 Å². The van der Waals surface area contributed by atoms with Crippen LogP contribution in [0.4, 0.5) is 0 Å². The summed E-state index contributed by atoms with van der Waals surface area (Å²) in [5, 5.41) is 3.01. The number of esters is 1. The zero-order valence-electron chi connectivity index (χ0n) is 9.31. The van der Waals surface area contributed by atoms with Crippen molar-refractivity contribution in [1.82, 2.24) is 5.32 Å². The normalized spacial score (nSPS) is 11.8. The Kier molecular flexibility index (Phi) is 4.99. The summed E-state index contributed by atoms with van der Waals surface area (Å²) >= 11 is 0. The molecule has 0 atom stereocenters. The first-order valence-corrected chi connectivity index (χ1v) is 4.70. The maximum atomic E-state index is 11.1.